The van der Waals surface area contributed by atoms with Gasteiger partial charge in [0.1, 0.15) is 24.5 Å². The summed E-state index contributed by atoms with van der Waals surface area (Å²) in [5, 5.41) is 0.978. The van der Waals surface area contributed by atoms with Crippen molar-refractivity contribution in [2.24, 2.45) is 5.92 Å². The number of rotatable bonds is 3. The zero-order chi connectivity index (χ0) is 21.6. The number of ether oxygens (including phenoxy) is 3. The quantitative estimate of drug-likeness (QED) is 0.322. The van der Waals surface area contributed by atoms with Crippen LogP contribution in [-0.2, 0) is 19.0 Å². The summed E-state index contributed by atoms with van der Waals surface area (Å²) in [5.41, 5.74) is 2.32. The molecule has 1 aliphatic carbocycles. The summed E-state index contributed by atoms with van der Waals surface area (Å²) in [4.78, 5) is 29.1. The Hall–Kier alpha value is -2.99. The molecule has 2 fully saturated rings. The Kier molecular flexibility index (Phi) is 4.89. The number of aromatic nitrogens is 1. The second-order valence-electron chi connectivity index (χ2n) is 8.76. The van der Waals surface area contributed by atoms with E-state index in [-0.39, 0.29) is 36.3 Å². The van der Waals surface area contributed by atoms with Gasteiger partial charge in [-0.05, 0) is 50.3 Å². The second kappa shape index (κ2) is 7.61. The fourth-order valence-corrected chi connectivity index (χ4v) is 4.66. The van der Waals surface area contributed by atoms with Crippen LogP contribution in [0.25, 0.3) is 10.9 Å². The lowest BCUT2D eigenvalue weighted by Crippen LogP contribution is -2.29. The van der Waals surface area contributed by atoms with Crippen LogP contribution in [0, 0.1) is 5.92 Å². The van der Waals surface area contributed by atoms with Gasteiger partial charge >= 0.3 is 11.9 Å². The molecule has 1 aromatic heterocycles. The van der Waals surface area contributed by atoms with E-state index in [1.54, 1.807) is 6.07 Å². The summed E-state index contributed by atoms with van der Waals surface area (Å²) in [7, 11) is 0. The molecule has 3 aliphatic rings. The summed E-state index contributed by atoms with van der Waals surface area (Å²) in [6.45, 7) is 6.20. The SMILES string of the molecule is C=C1C(=O)O[C@H]2[C@H]1CC/C(COC(=O)c1ccc3ccccc3n1)=C\CC[C@@]1(C)O[C@@H]21. The van der Waals surface area contributed by atoms with Gasteiger partial charge in [0.05, 0.1) is 11.1 Å². The van der Waals surface area contributed by atoms with Gasteiger partial charge in [0.15, 0.2) is 0 Å². The number of hydrogen-bond donors (Lipinski definition) is 0. The van der Waals surface area contributed by atoms with E-state index in [0.717, 1.165) is 29.3 Å². The summed E-state index contributed by atoms with van der Waals surface area (Å²) in [5.74, 6) is -0.840. The maximum atomic E-state index is 12.6. The van der Waals surface area contributed by atoms with Crippen LogP contribution in [0.3, 0.4) is 0 Å². The first-order valence-electron chi connectivity index (χ1n) is 10.7. The number of fused-ring (bicyclic) bond motifs is 4. The van der Waals surface area contributed by atoms with Gasteiger partial charge in [-0.15, -0.1) is 0 Å². The third-order valence-electron chi connectivity index (χ3n) is 6.64. The van der Waals surface area contributed by atoms with Crippen LogP contribution in [0.5, 0.6) is 0 Å². The fraction of sp³-hybridized carbons (Fsp3) is 0.400. The molecule has 0 saturated carbocycles. The van der Waals surface area contributed by atoms with Crippen molar-refractivity contribution in [1.29, 1.82) is 0 Å². The summed E-state index contributed by atoms with van der Waals surface area (Å²) >= 11 is 0. The molecule has 1 aromatic carbocycles. The number of benzene rings is 1. The third kappa shape index (κ3) is 3.76. The van der Waals surface area contributed by atoms with E-state index in [1.165, 1.54) is 0 Å². The molecule has 0 radical (unpaired) electrons. The molecule has 0 unspecified atom stereocenters. The minimum Gasteiger partial charge on any atom is -0.456 e. The number of carbonyl (C=O) groups is 2. The van der Waals surface area contributed by atoms with Gasteiger partial charge in [-0.2, -0.15) is 0 Å². The van der Waals surface area contributed by atoms with Crippen LogP contribution in [0.1, 0.15) is 43.1 Å². The Morgan fingerprint density at radius 3 is 3.00 bits per heavy atom. The summed E-state index contributed by atoms with van der Waals surface area (Å²) < 4.78 is 17.1. The standard InChI is InChI=1S/C25H25NO5/c1-15-18-11-9-16(6-5-13-25(2)22(31-25)21(18)30-23(15)27)14-29-24(28)20-12-10-17-7-3-4-8-19(17)26-20/h3-4,6-8,10,12,18,21-22H,1,5,9,11,13-14H2,2H3/b16-6+/t18-,21-,22-,25+/m0/s1. The Morgan fingerprint density at radius 1 is 1.29 bits per heavy atom. The predicted octanol–water partition coefficient (Wildman–Crippen LogP) is 4.15. The number of allylic oxidation sites excluding steroid dienone is 1. The minimum atomic E-state index is -0.442. The molecule has 160 valence electrons. The van der Waals surface area contributed by atoms with Crippen LogP contribution in [-0.4, -0.2) is 41.3 Å². The Bertz CT molecular complexity index is 1110. The monoisotopic (exact) mass is 419 g/mol. The lowest BCUT2D eigenvalue weighted by Gasteiger charge is -2.20. The van der Waals surface area contributed by atoms with Gasteiger partial charge in [-0.1, -0.05) is 36.9 Å². The number of para-hydroxylation sites is 1. The molecule has 5 rings (SSSR count). The molecule has 0 spiro atoms. The highest BCUT2D eigenvalue weighted by molar-refractivity contribution is 5.91. The molecule has 2 aliphatic heterocycles. The number of pyridine rings is 1. The lowest BCUT2D eigenvalue weighted by atomic mass is 9.84. The Morgan fingerprint density at radius 2 is 2.13 bits per heavy atom. The maximum Gasteiger partial charge on any atom is 0.357 e. The molecule has 0 bridgehead atoms. The van der Waals surface area contributed by atoms with Crippen molar-refractivity contribution in [3.05, 3.63) is 65.9 Å². The number of epoxide rings is 1. The van der Waals surface area contributed by atoms with E-state index in [2.05, 4.69) is 24.6 Å². The number of carbonyl (C=O) groups excluding carboxylic acids is 2. The van der Waals surface area contributed by atoms with E-state index in [9.17, 15) is 9.59 Å². The van der Waals surface area contributed by atoms with Crippen molar-refractivity contribution in [3.63, 3.8) is 0 Å². The van der Waals surface area contributed by atoms with E-state index >= 15 is 0 Å². The van der Waals surface area contributed by atoms with Crippen LogP contribution >= 0.6 is 0 Å². The normalized spacial score (nSPS) is 31.8. The first kappa shape index (κ1) is 19.9. The van der Waals surface area contributed by atoms with Crippen molar-refractivity contribution in [3.8, 4) is 0 Å². The van der Waals surface area contributed by atoms with Crippen LogP contribution in [0.2, 0.25) is 0 Å². The maximum absolute atomic E-state index is 12.6. The van der Waals surface area contributed by atoms with Crippen molar-refractivity contribution in [1.82, 2.24) is 4.98 Å². The Balaban J connectivity index is 1.28. The topological polar surface area (TPSA) is 78.0 Å². The summed E-state index contributed by atoms with van der Waals surface area (Å²) in [6, 6.07) is 11.2. The van der Waals surface area contributed by atoms with Gasteiger partial charge in [-0.25, -0.2) is 14.6 Å². The molecule has 2 aromatic rings. The van der Waals surface area contributed by atoms with Crippen molar-refractivity contribution >= 4 is 22.8 Å². The van der Waals surface area contributed by atoms with Crippen LogP contribution < -0.4 is 0 Å². The van der Waals surface area contributed by atoms with Gasteiger partial charge in [-0.3, -0.25) is 0 Å². The minimum absolute atomic E-state index is 0.0625. The zero-order valence-electron chi connectivity index (χ0n) is 17.5. The average Bonchev–Trinajstić information content (AvgIpc) is 3.37. The lowest BCUT2D eigenvalue weighted by molar-refractivity contribution is -0.140. The molecule has 31 heavy (non-hydrogen) atoms. The molecule has 0 amide bonds. The number of nitrogens with zero attached hydrogens (tertiary/aromatic N) is 1. The van der Waals surface area contributed by atoms with Gasteiger partial charge < -0.3 is 14.2 Å². The largest absolute Gasteiger partial charge is 0.456 e. The van der Waals surface area contributed by atoms with E-state index < -0.39 is 5.97 Å². The van der Waals surface area contributed by atoms with Crippen molar-refractivity contribution in [2.45, 2.75) is 50.4 Å². The van der Waals surface area contributed by atoms with E-state index in [4.69, 9.17) is 14.2 Å². The van der Waals surface area contributed by atoms with Gasteiger partial charge in [0.2, 0.25) is 0 Å². The van der Waals surface area contributed by atoms with Crippen LogP contribution in [0.15, 0.2) is 60.2 Å². The average molecular weight is 419 g/mol. The first-order chi connectivity index (χ1) is 14.9. The summed E-state index contributed by atoms with van der Waals surface area (Å²) in [6.07, 6.45) is 4.86. The molecular formula is C25H25NO5. The molecule has 2 saturated heterocycles. The Labute approximate surface area is 180 Å². The zero-order valence-corrected chi connectivity index (χ0v) is 17.5. The highest BCUT2D eigenvalue weighted by atomic mass is 16.6. The predicted molar refractivity (Wildman–Crippen MR) is 114 cm³/mol. The molecule has 6 nitrogen and oxygen atoms in total. The van der Waals surface area contributed by atoms with Crippen molar-refractivity contribution in [2.75, 3.05) is 6.61 Å². The molecular weight excluding hydrogens is 394 g/mol. The fourth-order valence-electron chi connectivity index (χ4n) is 4.66. The molecule has 4 atom stereocenters. The highest BCUT2D eigenvalue weighted by Crippen LogP contribution is 2.49. The molecule has 3 heterocycles. The van der Waals surface area contributed by atoms with Crippen molar-refractivity contribution < 1.29 is 23.8 Å². The van der Waals surface area contributed by atoms with Crippen LogP contribution in [0.4, 0.5) is 0 Å². The van der Waals surface area contributed by atoms with E-state index in [1.807, 2.05) is 30.3 Å². The van der Waals surface area contributed by atoms with E-state index in [0.29, 0.717) is 24.1 Å². The molecule has 6 heteroatoms. The number of esters is 2. The number of hydrogen-bond acceptors (Lipinski definition) is 6. The van der Waals surface area contributed by atoms with Gasteiger partial charge in [0, 0.05) is 16.9 Å². The van der Waals surface area contributed by atoms with Gasteiger partial charge in [0.25, 0.3) is 0 Å². The third-order valence-corrected chi connectivity index (χ3v) is 6.64. The first-order valence-corrected chi connectivity index (χ1v) is 10.7. The smallest absolute Gasteiger partial charge is 0.357 e. The molecule has 0 N–H and O–H groups in total. The highest BCUT2D eigenvalue weighted by Gasteiger charge is 2.61. The second-order valence-corrected chi connectivity index (χ2v) is 8.76.